The van der Waals surface area contributed by atoms with E-state index < -0.39 is 5.97 Å². The van der Waals surface area contributed by atoms with Crippen molar-refractivity contribution in [2.45, 2.75) is 13.1 Å². The number of methoxy groups -OCH3 is 1. The monoisotopic (exact) mass is 300 g/mol. The van der Waals surface area contributed by atoms with Gasteiger partial charge in [0.05, 0.1) is 18.6 Å². The highest BCUT2D eigenvalue weighted by Crippen LogP contribution is 2.11. The molecule has 0 radical (unpaired) electrons. The first-order chi connectivity index (χ1) is 10.6. The fraction of sp³-hybridized carbons (Fsp3) is 0.188. The molecule has 0 bridgehead atoms. The van der Waals surface area contributed by atoms with Crippen LogP contribution < -0.4 is 19.7 Å². The number of amides is 1. The van der Waals surface area contributed by atoms with Gasteiger partial charge in [-0.15, -0.1) is 0 Å². The highest BCUT2D eigenvalue weighted by atomic mass is 16.5. The smallest absolute Gasteiger partial charge is 0.286 e. The number of aromatic nitrogens is 1. The SMILES string of the molecule is COc1cccc(CNC(=O)C[n+]2cccc(C(=O)[O-])c2)c1. The Labute approximate surface area is 128 Å². The molecule has 2 rings (SSSR count). The number of ether oxygens (including phenoxy) is 1. The van der Waals surface area contributed by atoms with Crippen LogP contribution in [-0.4, -0.2) is 19.0 Å². The third kappa shape index (κ3) is 4.31. The number of benzene rings is 1. The average Bonchev–Trinajstić information content (AvgIpc) is 2.53. The van der Waals surface area contributed by atoms with Crippen molar-refractivity contribution >= 4 is 11.9 Å². The fourth-order valence-corrected chi connectivity index (χ4v) is 1.95. The van der Waals surface area contributed by atoms with E-state index >= 15 is 0 Å². The first kappa shape index (κ1) is 15.5. The second-order valence-electron chi connectivity index (χ2n) is 4.68. The van der Waals surface area contributed by atoms with Gasteiger partial charge in [0.15, 0.2) is 12.4 Å². The van der Waals surface area contributed by atoms with Crippen LogP contribution in [0, 0.1) is 0 Å². The van der Waals surface area contributed by atoms with Gasteiger partial charge in [0.1, 0.15) is 5.75 Å². The summed E-state index contributed by atoms with van der Waals surface area (Å²) in [6, 6.07) is 10.4. The summed E-state index contributed by atoms with van der Waals surface area (Å²) in [5, 5.41) is 13.5. The zero-order valence-electron chi connectivity index (χ0n) is 12.1. The van der Waals surface area contributed by atoms with Crippen LogP contribution >= 0.6 is 0 Å². The minimum absolute atomic E-state index is 0.0306. The zero-order chi connectivity index (χ0) is 15.9. The predicted molar refractivity (Wildman–Crippen MR) is 75.8 cm³/mol. The van der Waals surface area contributed by atoms with E-state index in [1.54, 1.807) is 19.4 Å². The summed E-state index contributed by atoms with van der Waals surface area (Å²) >= 11 is 0. The molecule has 0 aliphatic heterocycles. The van der Waals surface area contributed by atoms with Gasteiger partial charge in [0.25, 0.3) is 5.91 Å². The Bertz CT molecular complexity index is 685. The van der Waals surface area contributed by atoms with Crippen LogP contribution in [0.1, 0.15) is 15.9 Å². The summed E-state index contributed by atoms with van der Waals surface area (Å²) in [5.41, 5.74) is 0.948. The van der Waals surface area contributed by atoms with Gasteiger partial charge in [-0.1, -0.05) is 12.1 Å². The van der Waals surface area contributed by atoms with Crippen molar-refractivity contribution in [3.8, 4) is 5.75 Å². The van der Waals surface area contributed by atoms with Crippen LogP contribution in [0.25, 0.3) is 0 Å². The van der Waals surface area contributed by atoms with E-state index in [0.29, 0.717) is 6.54 Å². The van der Waals surface area contributed by atoms with E-state index in [1.165, 1.54) is 16.8 Å². The van der Waals surface area contributed by atoms with E-state index in [-0.39, 0.29) is 18.0 Å². The number of carbonyl (C=O) groups excluding carboxylic acids is 2. The highest BCUT2D eigenvalue weighted by molar-refractivity contribution is 5.84. The third-order valence-corrected chi connectivity index (χ3v) is 3.04. The van der Waals surface area contributed by atoms with Crippen LogP contribution in [0.4, 0.5) is 0 Å². The van der Waals surface area contributed by atoms with Gasteiger partial charge in [0.2, 0.25) is 6.54 Å². The molecule has 22 heavy (non-hydrogen) atoms. The number of carboxylic acid groups (broad SMARTS) is 1. The summed E-state index contributed by atoms with van der Waals surface area (Å²) in [6.45, 7) is 0.405. The van der Waals surface area contributed by atoms with E-state index in [0.717, 1.165) is 11.3 Å². The fourth-order valence-electron chi connectivity index (χ4n) is 1.95. The summed E-state index contributed by atoms with van der Waals surface area (Å²) in [4.78, 5) is 22.7. The second kappa shape index (κ2) is 7.21. The van der Waals surface area contributed by atoms with Gasteiger partial charge < -0.3 is 20.0 Å². The first-order valence-corrected chi connectivity index (χ1v) is 6.68. The molecule has 0 unspecified atom stereocenters. The maximum absolute atomic E-state index is 11.9. The van der Waals surface area contributed by atoms with E-state index in [2.05, 4.69) is 5.32 Å². The molecule has 1 amide bonds. The maximum Gasteiger partial charge on any atom is 0.286 e. The van der Waals surface area contributed by atoms with Gasteiger partial charge in [0, 0.05) is 12.6 Å². The number of aromatic carboxylic acids is 1. The van der Waals surface area contributed by atoms with Gasteiger partial charge in [-0.2, -0.15) is 4.57 Å². The second-order valence-corrected chi connectivity index (χ2v) is 4.68. The van der Waals surface area contributed by atoms with Crippen molar-refractivity contribution in [2.75, 3.05) is 7.11 Å². The topological polar surface area (TPSA) is 82.3 Å². The van der Waals surface area contributed by atoms with Crippen LogP contribution in [0.15, 0.2) is 48.8 Å². The Morgan fingerprint density at radius 3 is 2.82 bits per heavy atom. The highest BCUT2D eigenvalue weighted by Gasteiger charge is 2.10. The van der Waals surface area contributed by atoms with Gasteiger partial charge >= 0.3 is 0 Å². The summed E-state index contributed by atoms with van der Waals surface area (Å²) in [6.07, 6.45) is 2.98. The average molecular weight is 300 g/mol. The largest absolute Gasteiger partial charge is 0.545 e. The number of carboxylic acids is 1. The minimum Gasteiger partial charge on any atom is -0.545 e. The number of hydrogen-bond donors (Lipinski definition) is 1. The molecule has 0 atom stereocenters. The molecule has 1 heterocycles. The summed E-state index contributed by atoms with van der Waals surface area (Å²) < 4.78 is 6.61. The van der Waals surface area contributed by atoms with Crippen LogP contribution in [0.3, 0.4) is 0 Å². The van der Waals surface area contributed by atoms with Crippen molar-refractivity contribution in [1.82, 2.24) is 5.32 Å². The molecule has 1 aromatic carbocycles. The molecule has 1 N–H and O–H groups in total. The Morgan fingerprint density at radius 1 is 1.27 bits per heavy atom. The Kier molecular flexibility index (Phi) is 5.08. The lowest BCUT2D eigenvalue weighted by Gasteiger charge is -2.06. The number of nitrogens with zero attached hydrogens (tertiary/aromatic N) is 1. The quantitative estimate of drug-likeness (QED) is 0.740. The van der Waals surface area contributed by atoms with Crippen molar-refractivity contribution in [2.24, 2.45) is 0 Å². The lowest BCUT2D eigenvalue weighted by Crippen LogP contribution is -2.43. The first-order valence-electron chi connectivity index (χ1n) is 6.68. The minimum atomic E-state index is -1.27. The zero-order valence-corrected chi connectivity index (χ0v) is 12.1. The normalized spacial score (nSPS) is 10.0. The predicted octanol–water partition coefficient (Wildman–Crippen LogP) is -0.337. The lowest BCUT2D eigenvalue weighted by molar-refractivity contribution is -0.684. The molecule has 0 aliphatic carbocycles. The van der Waals surface area contributed by atoms with Gasteiger partial charge in [-0.25, -0.2) is 0 Å². The molecule has 2 aromatic rings. The third-order valence-electron chi connectivity index (χ3n) is 3.04. The lowest BCUT2D eigenvalue weighted by atomic mass is 10.2. The molecule has 0 spiro atoms. The van der Waals surface area contributed by atoms with Crippen LogP contribution in [-0.2, 0) is 17.9 Å². The van der Waals surface area contributed by atoms with E-state index in [4.69, 9.17) is 4.74 Å². The molecule has 0 saturated carbocycles. The van der Waals surface area contributed by atoms with E-state index in [1.807, 2.05) is 24.3 Å². The number of carbonyl (C=O) groups is 2. The molecule has 6 heteroatoms. The van der Waals surface area contributed by atoms with Gasteiger partial charge in [-0.05, 0) is 23.8 Å². The molecular weight excluding hydrogens is 284 g/mol. The molecule has 1 aromatic heterocycles. The summed E-state index contributed by atoms with van der Waals surface area (Å²) in [7, 11) is 1.58. The summed E-state index contributed by atoms with van der Waals surface area (Å²) in [5.74, 6) is -0.766. The van der Waals surface area contributed by atoms with Gasteiger partial charge in [-0.3, -0.25) is 4.79 Å². The number of nitrogens with one attached hydrogen (secondary N) is 1. The Morgan fingerprint density at radius 2 is 2.09 bits per heavy atom. The Hall–Kier alpha value is -2.89. The molecule has 114 valence electrons. The molecular formula is C16H16N2O4. The molecule has 0 fully saturated rings. The van der Waals surface area contributed by atoms with Crippen LogP contribution in [0.2, 0.25) is 0 Å². The molecule has 0 aliphatic rings. The molecule has 6 nitrogen and oxygen atoms in total. The number of pyridine rings is 1. The van der Waals surface area contributed by atoms with E-state index in [9.17, 15) is 14.7 Å². The molecule has 0 saturated heterocycles. The Balaban J connectivity index is 1.92. The van der Waals surface area contributed by atoms with Crippen molar-refractivity contribution in [1.29, 1.82) is 0 Å². The van der Waals surface area contributed by atoms with Crippen molar-refractivity contribution < 1.29 is 24.0 Å². The number of hydrogen-bond acceptors (Lipinski definition) is 4. The maximum atomic E-state index is 11.9. The van der Waals surface area contributed by atoms with Crippen molar-refractivity contribution in [3.63, 3.8) is 0 Å². The van der Waals surface area contributed by atoms with Crippen LogP contribution in [0.5, 0.6) is 5.75 Å². The van der Waals surface area contributed by atoms with Crippen molar-refractivity contribution in [3.05, 3.63) is 59.9 Å². The standard InChI is InChI=1S/C16H16N2O4/c1-22-14-6-2-4-12(8-14)9-17-15(19)11-18-7-3-5-13(10-18)16(20)21/h2-8,10H,9,11H2,1H3,(H-,17,19,20,21). The number of rotatable bonds is 6.